The number of rotatable bonds is 7. The SMILES string of the molecule is CC.CC(=O)CCl.CC(C)Oc1ccc(-c2n[nH]c3ccc(NC=O)cc23)cn1.CO[C@H]1CCNC1. The van der Waals surface area contributed by atoms with E-state index in [1.165, 1.54) is 13.3 Å². The second-order valence-electron chi connectivity index (χ2n) is 7.83. The summed E-state index contributed by atoms with van der Waals surface area (Å²) >= 11 is 4.99. The first kappa shape index (κ1) is 31.0. The molecule has 9 nitrogen and oxygen atoms in total. The largest absolute Gasteiger partial charge is 0.475 e. The van der Waals surface area contributed by atoms with Gasteiger partial charge in [-0.15, -0.1) is 11.6 Å². The first-order valence-electron chi connectivity index (χ1n) is 12.0. The Hall–Kier alpha value is -3.01. The van der Waals surface area contributed by atoms with E-state index in [9.17, 15) is 9.59 Å². The number of alkyl halides is 1. The quantitative estimate of drug-likeness (QED) is 0.302. The number of aromatic amines is 1. The van der Waals surface area contributed by atoms with Crippen molar-refractivity contribution in [1.82, 2.24) is 20.5 Å². The fraction of sp³-hybridized carbons (Fsp3) is 0.462. The summed E-state index contributed by atoms with van der Waals surface area (Å²) < 4.78 is 10.6. The minimum absolute atomic E-state index is 0.0201. The van der Waals surface area contributed by atoms with E-state index in [0.717, 1.165) is 40.9 Å². The van der Waals surface area contributed by atoms with Gasteiger partial charge in [-0.1, -0.05) is 13.8 Å². The van der Waals surface area contributed by atoms with Crippen LogP contribution in [-0.4, -0.2) is 65.7 Å². The van der Waals surface area contributed by atoms with Crippen LogP contribution in [0.2, 0.25) is 0 Å². The van der Waals surface area contributed by atoms with Crippen LogP contribution in [0.4, 0.5) is 5.69 Å². The van der Waals surface area contributed by atoms with E-state index in [1.807, 2.05) is 58.0 Å². The van der Waals surface area contributed by atoms with Gasteiger partial charge in [0.2, 0.25) is 12.3 Å². The van der Waals surface area contributed by atoms with Crippen LogP contribution in [0.3, 0.4) is 0 Å². The maximum Gasteiger partial charge on any atom is 0.213 e. The molecule has 2 aromatic heterocycles. The number of hydrogen-bond acceptors (Lipinski definition) is 7. The number of Topliss-reactive ketones (excluding diaryl/α,β-unsaturated/α-hetero) is 1. The zero-order valence-corrected chi connectivity index (χ0v) is 22.7. The molecule has 1 aliphatic rings. The summed E-state index contributed by atoms with van der Waals surface area (Å²) in [4.78, 5) is 24.5. The van der Waals surface area contributed by atoms with Crippen molar-refractivity contribution < 1.29 is 19.1 Å². The lowest BCUT2D eigenvalue weighted by Crippen LogP contribution is -2.14. The minimum Gasteiger partial charge on any atom is -0.475 e. The Kier molecular flexibility index (Phi) is 15.0. The van der Waals surface area contributed by atoms with Crippen LogP contribution < -0.4 is 15.4 Å². The highest BCUT2D eigenvalue weighted by Gasteiger charge is 2.11. The maximum absolute atomic E-state index is 10.6. The number of carbonyl (C=O) groups is 2. The van der Waals surface area contributed by atoms with Gasteiger partial charge in [0.15, 0.2) is 0 Å². The van der Waals surface area contributed by atoms with Gasteiger partial charge in [0.25, 0.3) is 0 Å². The number of nitrogens with one attached hydrogen (secondary N) is 3. The standard InChI is InChI=1S/C16H16N4O2.C5H11NO.C3H5ClO.C2H6/c1-10(2)22-15-6-3-11(8-17-15)16-13-7-12(18-9-21)4-5-14(13)19-20-16;1-7-5-2-3-6-4-5;1-3(5)2-4;1-2/h3-10H,1-2H3,(H,18,21)(H,19,20);5-6H,2-4H2,1H3;2H2,1H3;1-2H3/t;5-;;/m.0../s1. The highest BCUT2D eigenvalue weighted by Crippen LogP contribution is 2.28. The molecule has 0 aliphatic carbocycles. The monoisotopic (exact) mass is 519 g/mol. The number of H-pyrrole nitrogens is 1. The molecule has 0 unspecified atom stereocenters. The summed E-state index contributed by atoms with van der Waals surface area (Å²) in [7, 11) is 1.76. The van der Waals surface area contributed by atoms with Crippen molar-refractivity contribution in [3.8, 4) is 17.1 Å². The molecular weight excluding hydrogens is 482 g/mol. The lowest BCUT2D eigenvalue weighted by Gasteiger charge is -2.08. The van der Waals surface area contributed by atoms with Gasteiger partial charge in [-0.05, 0) is 58.0 Å². The molecule has 1 aliphatic heterocycles. The van der Waals surface area contributed by atoms with Gasteiger partial charge in [-0.2, -0.15) is 5.10 Å². The molecule has 0 spiro atoms. The summed E-state index contributed by atoms with van der Waals surface area (Å²) in [5, 5.41) is 14.1. The molecule has 1 amide bonds. The van der Waals surface area contributed by atoms with Crippen molar-refractivity contribution in [1.29, 1.82) is 0 Å². The van der Waals surface area contributed by atoms with Crippen molar-refractivity contribution in [2.75, 3.05) is 31.4 Å². The van der Waals surface area contributed by atoms with Crippen LogP contribution >= 0.6 is 11.6 Å². The smallest absolute Gasteiger partial charge is 0.213 e. The van der Waals surface area contributed by atoms with Gasteiger partial charge in [0.05, 0.1) is 23.6 Å². The molecule has 1 saturated heterocycles. The predicted molar refractivity (Wildman–Crippen MR) is 146 cm³/mol. The molecule has 3 heterocycles. The molecule has 0 bridgehead atoms. The Labute approximate surface area is 218 Å². The van der Waals surface area contributed by atoms with Crippen molar-refractivity contribution in [2.24, 2.45) is 0 Å². The number of fused-ring (bicyclic) bond motifs is 1. The molecule has 10 heteroatoms. The fourth-order valence-corrected chi connectivity index (χ4v) is 3.05. The van der Waals surface area contributed by atoms with Crippen LogP contribution in [-0.2, 0) is 14.3 Å². The number of amides is 1. The number of carbonyl (C=O) groups excluding carboxylic acids is 2. The molecule has 4 rings (SSSR count). The third-order valence-electron chi connectivity index (χ3n) is 4.69. The number of anilines is 1. The summed E-state index contributed by atoms with van der Waals surface area (Å²) in [6.45, 7) is 11.5. The van der Waals surface area contributed by atoms with Crippen LogP contribution in [0.1, 0.15) is 41.0 Å². The fourth-order valence-electron chi connectivity index (χ4n) is 3.05. The lowest BCUT2D eigenvalue weighted by atomic mass is 10.1. The number of pyridine rings is 1. The van der Waals surface area contributed by atoms with E-state index in [-0.39, 0.29) is 17.8 Å². The van der Waals surface area contributed by atoms with Crippen molar-refractivity contribution in [3.05, 3.63) is 36.5 Å². The normalized spacial score (nSPS) is 13.9. The molecular formula is C26H38ClN5O4. The zero-order valence-electron chi connectivity index (χ0n) is 21.9. The average molecular weight is 520 g/mol. The number of nitrogens with zero attached hydrogens (tertiary/aromatic N) is 2. The summed E-state index contributed by atoms with van der Waals surface area (Å²) in [5.74, 6) is 0.744. The van der Waals surface area contributed by atoms with E-state index in [2.05, 4.69) is 25.8 Å². The Morgan fingerprint density at radius 1 is 1.28 bits per heavy atom. The number of halogens is 1. The summed E-state index contributed by atoms with van der Waals surface area (Å²) in [6.07, 6.45) is 4.13. The average Bonchev–Trinajstić information content (AvgIpc) is 3.56. The van der Waals surface area contributed by atoms with Crippen LogP contribution in [0.15, 0.2) is 36.5 Å². The third kappa shape index (κ3) is 10.7. The number of methoxy groups -OCH3 is 1. The van der Waals surface area contributed by atoms with Gasteiger partial charge in [0, 0.05) is 42.6 Å². The van der Waals surface area contributed by atoms with E-state index in [1.54, 1.807) is 13.3 Å². The lowest BCUT2D eigenvalue weighted by molar-refractivity contribution is -0.114. The van der Waals surface area contributed by atoms with Crippen molar-refractivity contribution in [2.45, 2.75) is 53.2 Å². The van der Waals surface area contributed by atoms with Gasteiger partial charge in [0.1, 0.15) is 11.5 Å². The van der Waals surface area contributed by atoms with E-state index in [0.29, 0.717) is 18.4 Å². The number of hydrogen-bond donors (Lipinski definition) is 3. The number of ketones is 1. The number of aromatic nitrogens is 3. The third-order valence-corrected chi connectivity index (χ3v) is 5.07. The van der Waals surface area contributed by atoms with E-state index < -0.39 is 0 Å². The molecule has 36 heavy (non-hydrogen) atoms. The van der Waals surface area contributed by atoms with Crippen molar-refractivity contribution >= 4 is 40.4 Å². The minimum atomic E-state index is 0.0201. The predicted octanol–water partition coefficient (Wildman–Crippen LogP) is 4.82. The van der Waals surface area contributed by atoms with Crippen LogP contribution in [0.25, 0.3) is 22.2 Å². The molecule has 1 fully saturated rings. The molecule has 1 aromatic carbocycles. The first-order valence-corrected chi connectivity index (χ1v) is 12.5. The number of ether oxygens (including phenoxy) is 2. The molecule has 3 N–H and O–H groups in total. The van der Waals surface area contributed by atoms with Gasteiger partial charge >= 0.3 is 0 Å². The van der Waals surface area contributed by atoms with Crippen molar-refractivity contribution in [3.63, 3.8) is 0 Å². The van der Waals surface area contributed by atoms with E-state index in [4.69, 9.17) is 21.1 Å². The van der Waals surface area contributed by atoms with Gasteiger partial charge in [-0.25, -0.2) is 4.98 Å². The maximum atomic E-state index is 10.6. The molecule has 0 saturated carbocycles. The topological polar surface area (TPSA) is 118 Å². The van der Waals surface area contributed by atoms with Crippen LogP contribution in [0, 0.1) is 0 Å². The summed E-state index contributed by atoms with van der Waals surface area (Å²) in [6, 6.07) is 9.31. The first-order chi connectivity index (χ1) is 17.4. The molecule has 0 radical (unpaired) electrons. The number of benzene rings is 1. The molecule has 1 atom stereocenters. The Morgan fingerprint density at radius 2 is 2.00 bits per heavy atom. The highest BCUT2D eigenvalue weighted by molar-refractivity contribution is 6.27. The molecule has 3 aromatic rings. The highest BCUT2D eigenvalue weighted by atomic mass is 35.5. The zero-order chi connectivity index (χ0) is 26.9. The Bertz CT molecular complexity index is 1030. The second kappa shape index (κ2) is 17.4. The Morgan fingerprint density at radius 3 is 2.47 bits per heavy atom. The van der Waals surface area contributed by atoms with E-state index >= 15 is 0 Å². The summed E-state index contributed by atoms with van der Waals surface area (Å²) in [5.41, 5.74) is 3.28. The molecule has 198 valence electrons. The van der Waals surface area contributed by atoms with Crippen LogP contribution in [0.5, 0.6) is 5.88 Å². The second-order valence-corrected chi connectivity index (χ2v) is 8.10. The van der Waals surface area contributed by atoms with Gasteiger partial charge in [-0.3, -0.25) is 14.7 Å². The Balaban J connectivity index is 0.000000381. The van der Waals surface area contributed by atoms with Gasteiger partial charge < -0.3 is 20.1 Å².